The van der Waals surface area contributed by atoms with Gasteiger partial charge in [0.05, 0.1) is 0 Å². The molecule has 1 atom stereocenters. The van der Waals surface area contributed by atoms with E-state index in [0.29, 0.717) is 6.04 Å². The molecule has 1 aromatic carbocycles. The minimum atomic E-state index is 0.611. The van der Waals surface area contributed by atoms with Crippen molar-refractivity contribution in [1.29, 1.82) is 0 Å². The molecule has 0 saturated carbocycles. The molecule has 1 aromatic rings. The standard InChI is InChI=1S/C15H24N2/c1-12-7-8-15-14(11-12)6-4-10-17(15)13(2)5-3-9-16/h7-8,11,13H,3-6,9-10,16H2,1-2H3. The van der Waals surface area contributed by atoms with E-state index in [9.17, 15) is 0 Å². The van der Waals surface area contributed by atoms with E-state index >= 15 is 0 Å². The van der Waals surface area contributed by atoms with Crippen LogP contribution in [0.1, 0.15) is 37.3 Å². The Hall–Kier alpha value is -1.02. The van der Waals surface area contributed by atoms with Crippen molar-refractivity contribution in [2.45, 2.75) is 45.6 Å². The Kier molecular flexibility index (Phi) is 4.06. The van der Waals surface area contributed by atoms with Crippen LogP contribution in [0.2, 0.25) is 0 Å². The smallest absolute Gasteiger partial charge is 0.0401 e. The first-order valence-electron chi connectivity index (χ1n) is 6.78. The number of aryl methyl sites for hydroxylation is 2. The van der Waals surface area contributed by atoms with E-state index in [0.717, 1.165) is 13.0 Å². The Morgan fingerprint density at radius 3 is 3.00 bits per heavy atom. The maximum absolute atomic E-state index is 5.60. The zero-order valence-electron chi connectivity index (χ0n) is 11.1. The average molecular weight is 232 g/mol. The number of hydrogen-bond donors (Lipinski definition) is 1. The van der Waals surface area contributed by atoms with Crippen LogP contribution in [0.3, 0.4) is 0 Å². The van der Waals surface area contributed by atoms with E-state index in [1.54, 1.807) is 0 Å². The van der Waals surface area contributed by atoms with Crippen LogP contribution in [0.5, 0.6) is 0 Å². The quantitative estimate of drug-likeness (QED) is 0.865. The van der Waals surface area contributed by atoms with Gasteiger partial charge in [-0.1, -0.05) is 17.7 Å². The van der Waals surface area contributed by atoms with Crippen molar-refractivity contribution in [3.8, 4) is 0 Å². The normalized spacial score (nSPS) is 16.8. The second-order valence-electron chi connectivity index (χ2n) is 5.21. The number of anilines is 1. The molecule has 0 bridgehead atoms. The Balaban J connectivity index is 2.16. The van der Waals surface area contributed by atoms with Crippen molar-refractivity contribution in [3.05, 3.63) is 29.3 Å². The molecule has 2 heteroatoms. The van der Waals surface area contributed by atoms with Gasteiger partial charge in [-0.2, -0.15) is 0 Å². The number of hydrogen-bond acceptors (Lipinski definition) is 2. The average Bonchev–Trinajstić information content (AvgIpc) is 2.34. The maximum Gasteiger partial charge on any atom is 0.0401 e. The molecule has 0 radical (unpaired) electrons. The van der Waals surface area contributed by atoms with Crippen LogP contribution in [0.15, 0.2) is 18.2 Å². The first kappa shape index (κ1) is 12.4. The van der Waals surface area contributed by atoms with Crippen molar-refractivity contribution in [2.75, 3.05) is 18.0 Å². The third kappa shape index (κ3) is 2.81. The van der Waals surface area contributed by atoms with Crippen LogP contribution in [-0.2, 0) is 6.42 Å². The molecule has 0 aliphatic carbocycles. The first-order valence-corrected chi connectivity index (χ1v) is 6.78. The number of fused-ring (bicyclic) bond motifs is 1. The van der Waals surface area contributed by atoms with E-state index in [4.69, 9.17) is 5.73 Å². The molecule has 0 saturated heterocycles. The lowest BCUT2D eigenvalue weighted by Crippen LogP contribution is -2.37. The topological polar surface area (TPSA) is 29.3 Å². The number of nitrogens with two attached hydrogens (primary N) is 1. The largest absolute Gasteiger partial charge is 0.369 e. The molecule has 94 valence electrons. The van der Waals surface area contributed by atoms with Crippen LogP contribution in [-0.4, -0.2) is 19.1 Å². The van der Waals surface area contributed by atoms with Crippen LogP contribution in [0.4, 0.5) is 5.69 Å². The Morgan fingerprint density at radius 1 is 1.41 bits per heavy atom. The van der Waals surface area contributed by atoms with E-state index < -0.39 is 0 Å². The van der Waals surface area contributed by atoms with Crippen LogP contribution in [0, 0.1) is 6.92 Å². The van der Waals surface area contributed by atoms with E-state index in [1.807, 2.05) is 0 Å². The third-order valence-electron chi connectivity index (χ3n) is 3.75. The fourth-order valence-electron chi connectivity index (χ4n) is 2.78. The zero-order valence-corrected chi connectivity index (χ0v) is 11.1. The molecule has 2 rings (SSSR count). The SMILES string of the molecule is Cc1ccc2c(c1)CCCN2C(C)CCCN. The van der Waals surface area contributed by atoms with Crippen molar-refractivity contribution in [3.63, 3.8) is 0 Å². The summed E-state index contributed by atoms with van der Waals surface area (Å²) >= 11 is 0. The minimum absolute atomic E-state index is 0.611. The molecule has 1 aliphatic rings. The molecule has 0 amide bonds. The van der Waals surface area contributed by atoms with Crippen molar-refractivity contribution < 1.29 is 0 Å². The Bertz CT molecular complexity index is 373. The van der Waals surface area contributed by atoms with Crippen molar-refractivity contribution in [1.82, 2.24) is 0 Å². The minimum Gasteiger partial charge on any atom is -0.369 e. The van der Waals surface area contributed by atoms with E-state index in [2.05, 4.69) is 36.9 Å². The van der Waals surface area contributed by atoms with Gasteiger partial charge >= 0.3 is 0 Å². The van der Waals surface area contributed by atoms with Gasteiger partial charge in [0.2, 0.25) is 0 Å². The van der Waals surface area contributed by atoms with E-state index in [-0.39, 0.29) is 0 Å². The molecule has 0 spiro atoms. The maximum atomic E-state index is 5.60. The highest BCUT2D eigenvalue weighted by atomic mass is 15.2. The summed E-state index contributed by atoms with van der Waals surface area (Å²) < 4.78 is 0. The molecular formula is C15H24N2. The van der Waals surface area contributed by atoms with Gasteiger partial charge in [0, 0.05) is 18.3 Å². The molecule has 17 heavy (non-hydrogen) atoms. The Labute approximate surface area is 105 Å². The number of benzene rings is 1. The van der Waals surface area contributed by atoms with Crippen LogP contribution in [0.25, 0.3) is 0 Å². The lowest BCUT2D eigenvalue weighted by molar-refractivity contribution is 0.545. The predicted molar refractivity (Wildman–Crippen MR) is 74.6 cm³/mol. The van der Waals surface area contributed by atoms with Gasteiger partial charge in [-0.3, -0.25) is 0 Å². The summed E-state index contributed by atoms with van der Waals surface area (Å²) in [4.78, 5) is 2.56. The molecule has 1 heterocycles. The van der Waals surface area contributed by atoms with Gasteiger partial charge in [0.1, 0.15) is 0 Å². The highest BCUT2D eigenvalue weighted by Gasteiger charge is 2.20. The van der Waals surface area contributed by atoms with E-state index in [1.165, 1.54) is 42.6 Å². The summed E-state index contributed by atoms with van der Waals surface area (Å²) in [6.45, 7) is 6.50. The van der Waals surface area contributed by atoms with Crippen molar-refractivity contribution in [2.24, 2.45) is 5.73 Å². The summed E-state index contributed by atoms with van der Waals surface area (Å²) in [5.74, 6) is 0. The van der Waals surface area contributed by atoms with Gasteiger partial charge in [0.15, 0.2) is 0 Å². The highest BCUT2D eigenvalue weighted by molar-refractivity contribution is 5.57. The highest BCUT2D eigenvalue weighted by Crippen LogP contribution is 2.30. The lowest BCUT2D eigenvalue weighted by atomic mass is 9.97. The summed E-state index contributed by atoms with van der Waals surface area (Å²) in [6.07, 6.45) is 4.84. The fraction of sp³-hybridized carbons (Fsp3) is 0.600. The molecular weight excluding hydrogens is 208 g/mol. The number of rotatable bonds is 4. The monoisotopic (exact) mass is 232 g/mol. The second kappa shape index (κ2) is 5.54. The summed E-state index contributed by atoms with van der Waals surface area (Å²) in [6, 6.07) is 7.48. The summed E-state index contributed by atoms with van der Waals surface area (Å²) in [5.41, 5.74) is 9.95. The summed E-state index contributed by atoms with van der Waals surface area (Å²) in [5, 5.41) is 0. The zero-order chi connectivity index (χ0) is 12.3. The molecule has 2 N–H and O–H groups in total. The van der Waals surface area contributed by atoms with Gasteiger partial charge in [-0.15, -0.1) is 0 Å². The molecule has 2 nitrogen and oxygen atoms in total. The molecule has 0 aromatic heterocycles. The van der Waals surface area contributed by atoms with Gasteiger partial charge in [-0.05, 0) is 57.7 Å². The second-order valence-corrected chi connectivity index (χ2v) is 5.21. The van der Waals surface area contributed by atoms with Gasteiger partial charge < -0.3 is 10.6 Å². The fourth-order valence-corrected chi connectivity index (χ4v) is 2.78. The first-order chi connectivity index (χ1) is 8.22. The van der Waals surface area contributed by atoms with Crippen molar-refractivity contribution >= 4 is 5.69 Å². The third-order valence-corrected chi connectivity index (χ3v) is 3.75. The molecule has 1 unspecified atom stereocenters. The lowest BCUT2D eigenvalue weighted by Gasteiger charge is -2.36. The Morgan fingerprint density at radius 2 is 2.24 bits per heavy atom. The van der Waals surface area contributed by atoms with Gasteiger partial charge in [-0.25, -0.2) is 0 Å². The molecule has 1 aliphatic heterocycles. The number of nitrogens with zero attached hydrogens (tertiary/aromatic N) is 1. The van der Waals surface area contributed by atoms with Gasteiger partial charge in [0.25, 0.3) is 0 Å². The predicted octanol–water partition coefficient (Wildman–Crippen LogP) is 2.88. The van der Waals surface area contributed by atoms with Crippen LogP contribution < -0.4 is 10.6 Å². The summed E-state index contributed by atoms with van der Waals surface area (Å²) in [7, 11) is 0. The molecule has 0 fully saturated rings. The van der Waals surface area contributed by atoms with Crippen LogP contribution >= 0.6 is 0 Å².